The topological polar surface area (TPSA) is 55.9 Å². The lowest BCUT2D eigenvalue weighted by Gasteiger charge is -2.33. The Morgan fingerprint density at radius 1 is 1.50 bits per heavy atom. The number of nitrogens with zero attached hydrogens (tertiary/aromatic N) is 2. The molecule has 3 N–H and O–H groups in total. The number of nitrogens with one attached hydrogen (secondary N) is 1. The van der Waals surface area contributed by atoms with Crippen LogP contribution in [0.2, 0.25) is 0 Å². The summed E-state index contributed by atoms with van der Waals surface area (Å²) in [4.78, 5) is 0. The van der Waals surface area contributed by atoms with E-state index in [1.807, 2.05) is 11.7 Å². The zero-order valence-corrected chi connectivity index (χ0v) is 14.4. The van der Waals surface area contributed by atoms with Crippen molar-refractivity contribution in [2.45, 2.75) is 58.4 Å². The van der Waals surface area contributed by atoms with Crippen LogP contribution < -0.4 is 11.3 Å². The molecular weight excluding hydrogens is 316 g/mol. The fraction of sp³-hybridized carbons (Fsp3) is 0.800. The highest BCUT2D eigenvalue weighted by Crippen LogP contribution is 2.33. The summed E-state index contributed by atoms with van der Waals surface area (Å²) >= 11 is 3.70. The molecular formula is C15H27BrN4. The molecule has 3 atom stereocenters. The maximum Gasteiger partial charge on any atom is 0.0766 e. The van der Waals surface area contributed by atoms with Crippen LogP contribution in [0.5, 0.6) is 0 Å². The summed E-state index contributed by atoms with van der Waals surface area (Å²) in [6.45, 7) is 4.49. The second kappa shape index (κ2) is 7.05. The Morgan fingerprint density at radius 3 is 2.80 bits per heavy atom. The van der Waals surface area contributed by atoms with Crippen molar-refractivity contribution in [1.82, 2.24) is 15.2 Å². The van der Waals surface area contributed by atoms with Crippen LogP contribution >= 0.6 is 15.9 Å². The van der Waals surface area contributed by atoms with Gasteiger partial charge in [-0.2, -0.15) is 5.10 Å². The maximum atomic E-state index is 5.84. The Kier molecular flexibility index (Phi) is 5.64. The van der Waals surface area contributed by atoms with Gasteiger partial charge in [0.05, 0.1) is 15.9 Å². The van der Waals surface area contributed by atoms with Crippen LogP contribution in [0.1, 0.15) is 50.9 Å². The molecule has 1 aliphatic rings. The number of aromatic nitrogens is 2. The third kappa shape index (κ3) is 3.43. The van der Waals surface area contributed by atoms with E-state index in [-0.39, 0.29) is 0 Å². The fourth-order valence-electron chi connectivity index (χ4n) is 3.46. The minimum Gasteiger partial charge on any atom is -0.271 e. The lowest BCUT2D eigenvalue weighted by atomic mass is 9.77. The molecule has 3 unspecified atom stereocenters. The number of nitrogens with two attached hydrogens (primary N) is 1. The number of halogens is 1. The molecule has 114 valence electrons. The Morgan fingerprint density at radius 2 is 2.25 bits per heavy atom. The fourth-order valence-corrected chi connectivity index (χ4v) is 4.24. The molecule has 0 radical (unpaired) electrons. The highest BCUT2D eigenvalue weighted by Gasteiger charge is 2.28. The molecule has 5 heteroatoms. The summed E-state index contributed by atoms with van der Waals surface area (Å²) in [7, 11) is 2.02. The molecule has 0 aliphatic heterocycles. The minimum absolute atomic E-state index is 0.342. The van der Waals surface area contributed by atoms with Crippen molar-refractivity contribution in [2.24, 2.45) is 24.7 Å². The third-order valence-corrected chi connectivity index (χ3v) is 5.59. The number of rotatable bonds is 5. The van der Waals surface area contributed by atoms with Gasteiger partial charge in [0.1, 0.15) is 0 Å². The smallest absolute Gasteiger partial charge is 0.0766 e. The average molecular weight is 343 g/mol. The van der Waals surface area contributed by atoms with Gasteiger partial charge in [-0.15, -0.1) is 0 Å². The molecule has 0 bridgehead atoms. The molecule has 0 saturated heterocycles. The second-order valence-electron chi connectivity index (χ2n) is 6.19. The molecule has 2 rings (SSSR count). The van der Waals surface area contributed by atoms with Crippen LogP contribution in [0.25, 0.3) is 0 Å². The molecule has 1 aromatic heterocycles. The average Bonchev–Trinajstić information content (AvgIpc) is 2.71. The molecule has 0 spiro atoms. The summed E-state index contributed by atoms with van der Waals surface area (Å²) in [6.07, 6.45) is 7.16. The van der Waals surface area contributed by atoms with Gasteiger partial charge in [-0.1, -0.05) is 26.7 Å². The zero-order chi connectivity index (χ0) is 14.7. The van der Waals surface area contributed by atoms with Crippen molar-refractivity contribution in [3.05, 3.63) is 15.9 Å². The summed E-state index contributed by atoms with van der Waals surface area (Å²) in [5, 5.41) is 4.58. The van der Waals surface area contributed by atoms with Crippen molar-refractivity contribution in [3.63, 3.8) is 0 Å². The van der Waals surface area contributed by atoms with Crippen LogP contribution in [-0.4, -0.2) is 15.8 Å². The van der Waals surface area contributed by atoms with Gasteiger partial charge in [0.2, 0.25) is 0 Å². The van der Waals surface area contributed by atoms with Crippen molar-refractivity contribution < 1.29 is 0 Å². The quantitative estimate of drug-likeness (QED) is 0.638. The zero-order valence-electron chi connectivity index (χ0n) is 12.8. The van der Waals surface area contributed by atoms with Crippen LogP contribution in [0, 0.1) is 11.8 Å². The summed E-state index contributed by atoms with van der Waals surface area (Å²) in [5.74, 6) is 7.34. The van der Waals surface area contributed by atoms with Gasteiger partial charge in [-0.25, -0.2) is 0 Å². The predicted octanol–water partition coefficient (Wildman–Crippen LogP) is 2.95. The molecule has 0 aromatic carbocycles. The Hall–Kier alpha value is -0.390. The van der Waals surface area contributed by atoms with Crippen LogP contribution in [-0.2, 0) is 19.9 Å². The molecule has 0 amide bonds. The summed E-state index contributed by atoms with van der Waals surface area (Å²) < 4.78 is 3.16. The third-order valence-electron chi connectivity index (χ3n) is 4.68. The number of aryl methyl sites for hydroxylation is 2. The molecule has 1 fully saturated rings. The van der Waals surface area contributed by atoms with E-state index in [2.05, 4.69) is 40.3 Å². The molecule has 1 heterocycles. The predicted molar refractivity (Wildman–Crippen MR) is 86.2 cm³/mol. The Balaban J connectivity index is 2.11. The Labute approximate surface area is 130 Å². The van der Waals surface area contributed by atoms with Crippen LogP contribution in [0.15, 0.2) is 4.47 Å². The summed E-state index contributed by atoms with van der Waals surface area (Å²) in [5.41, 5.74) is 5.45. The van der Waals surface area contributed by atoms with Crippen molar-refractivity contribution >= 4 is 15.9 Å². The van der Waals surface area contributed by atoms with Gasteiger partial charge in [0.25, 0.3) is 0 Å². The van der Waals surface area contributed by atoms with Crippen LogP contribution in [0.3, 0.4) is 0 Å². The van der Waals surface area contributed by atoms with Crippen LogP contribution in [0.4, 0.5) is 0 Å². The van der Waals surface area contributed by atoms with Crippen molar-refractivity contribution in [1.29, 1.82) is 0 Å². The number of hydrazine groups is 1. The normalized spacial score (nSPS) is 24.9. The standard InChI is InChI=1S/C15H27BrN4/c1-4-12-15(16)14(20(3)19-12)9-13(18-17)11-7-5-6-10(2)8-11/h10-11,13,18H,4-9,17H2,1-3H3. The highest BCUT2D eigenvalue weighted by atomic mass is 79.9. The van der Waals surface area contributed by atoms with Crippen molar-refractivity contribution in [2.75, 3.05) is 0 Å². The van der Waals surface area contributed by atoms with Gasteiger partial charge in [-0.3, -0.25) is 16.0 Å². The monoisotopic (exact) mass is 342 g/mol. The van der Waals surface area contributed by atoms with Gasteiger partial charge < -0.3 is 0 Å². The van der Waals surface area contributed by atoms with E-state index in [9.17, 15) is 0 Å². The van der Waals surface area contributed by atoms with Gasteiger partial charge in [-0.05, 0) is 47.0 Å². The van der Waals surface area contributed by atoms with E-state index >= 15 is 0 Å². The molecule has 1 saturated carbocycles. The molecule has 1 aromatic rings. The summed E-state index contributed by atoms with van der Waals surface area (Å²) in [6, 6.07) is 0.342. The van der Waals surface area contributed by atoms with Gasteiger partial charge in [0, 0.05) is 19.5 Å². The number of hydrogen-bond acceptors (Lipinski definition) is 3. The molecule has 20 heavy (non-hydrogen) atoms. The van der Waals surface area contributed by atoms with E-state index in [1.54, 1.807) is 0 Å². The maximum absolute atomic E-state index is 5.84. The minimum atomic E-state index is 0.342. The first-order chi connectivity index (χ1) is 9.56. The van der Waals surface area contributed by atoms with E-state index < -0.39 is 0 Å². The Bertz CT molecular complexity index is 443. The van der Waals surface area contributed by atoms with E-state index in [4.69, 9.17) is 5.84 Å². The van der Waals surface area contributed by atoms with E-state index in [0.717, 1.165) is 28.9 Å². The SMILES string of the molecule is CCc1nn(C)c(CC(NN)C2CCCC(C)C2)c1Br. The van der Waals surface area contributed by atoms with Gasteiger partial charge >= 0.3 is 0 Å². The molecule has 1 aliphatic carbocycles. The first kappa shape index (κ1) is 16.0. The van der Waals surface area contributed by atoms with Gasteiger partial charge in [0.15, 0.2) is 0 Å². The first-order valence-electron chi connectivity index (χ1n) is 7.73. The van der Waals surface area contributed by atoms with E-state index in [1.165, 1.54) is 31.4 Å². The lowest BCUT2D eigenvalue weighted by molar-refractivity contribution is 0.220. The van der Waals surface area contributed by atoms with Crippen molar-refractivity contribution in [3.8, 4) is 0 Å². The molecule has 4 nitrogen and oxygen atoms in total. The first-order valence-corrected chi connectivity index (χ1v) is 8.52. The lowest BCUT2D eigenvalue weighted by Crippen LogP contribution is -2.44. The second-order valence-corrected chi connectivity index (χ2v) is 6.99. The largest absolute Gasteiger partial charge is 0.271 e. The van der Waals surface area contributed by atoms with E-state index in [0.29, 0.717) is 12.0 Å². The highest BCUT2D eigenvalue weighted by molar-refractivity contribution is 9.10. The number of hydrogen-bond donors (Lipinski definition) is 2.